The molecular formula is C15H22FNO2. The highest BCUT2D eigenvalue weighted by atomic mass is 19.1. The molecule has 19 heavy (non-hydrogen) atoms. The lowest BCUT2D eigenvalue weighted by atomic mass is 9.76. The molecule has 0 aliphatic heterocycles. The maximum atomic E-state index is 13.8. The fourth-order valence-corrected chi connectivity index (χ4v) is 2.49. The summed E-state index contributed by atoms with van der Waals surface area (Å²) in [6.45, 7) is 4.52. The molecule has 0 atom stereocenters. The number of ether oxygens (including phenoxy) is 2. The van der Waals surface area contributed by atoms with Gasteiger partial charge < -0.3 is 15.2 Å². The zero-order valence-corrected chi connectivity index (χ0v) is 11.8. The van der Waals surface area contributed by atoms with Gasteiger partial charge in [0.15, 0.2) is 11.6 Å². The van der Waals surface area contributed by atoms with Gasteiger partial charge in [-0.1, -0.05) is 13.8 Å². The van der Waals surface area contributed by atoms with Gasteiger partial charge in [-0.15, -0.1) is 0 Å². The van der Waals surface area contributed by atoms with Gasteiger partial charge in [-0.05, 0) is 31.1 Å². The van der Waals surface area contributed by atoms with Crippen LogP contribution in [-0.2, 0) is 0 Å². The quantitative estimate of drug-likeness (QED) is 0.848. The third-order valence-electron chi connectivity index (χ3n) is 3.86. The zero-order chi connectivity index (χ0) is 14.0. The highest BCUT2D eigenvalue weighted by Crippen LogP contribution is 2.38. The van der Waals surface area contributed by atoms with Crippen molar-refractivity contribution in [1.29, 1.82) is 0 Å². The first kappa shape index (κ1) is 14.0. The summed E-state index contributed by atoms with van der Waals surface area (Å²) >= 11 is 0. The summed E-state index contributed by atoms with van der Waals surface area (Å²) < 4.78 is 24.7. The van der Waals surface area contributed by atoms with Gasteiger partial charge >= 0.3 is 0 Å². The summed E-state index contributed by atoms with van der Waals surface area (Å²) in [5.74, 6) is 0.256. The van der Waals surface area contributed by atoms with Crippen molar-refractivity contribution in [3.05, 3.63) is 17.9 Å². The molecule has 0 saturated heterocycles. The second-order valence-corrected chi connectivity index (χ2v) is 6.01. The van der Waals surface area contributed by atoms with Crippen LogP contribution in [0.15, 0.2) is 12.1 Å². The minimum absolute atomic E-state index is 0.0795. The molecule has 0 bridgehead atoms. The summed E-state index contributed by atoms with van der Waals surface area (Å²) in [5.41, 5.74) is 6.31. The minimum Gasteiger partial charge on any atom is -0.494 e. The van der Waals surface area contributed by atoms with Crippen LogP contribution in [0.2, 0.25) is 0 Å². The number of benzene rings is 1. The number of methoxy groups -OCH3 is 1. The molecule has 1 fully saturated rings. The van der Waals surface area contributed by atoms with Gasteiger partial charge in [0, 0.05) is 12.1 Å². The molecule has 0 aromatic heterocycles. The summed E-state index contributed by atoms with van der Waals surface area (Å²) in [6.07, 6.45) is 4.20. The minimum atomic E-state index is -0.428. The molecule has 3 nitrogen and oxygen atoms in total. The molecule has 1 aliphatic rings. The van der Waals surface area contributed by atoms with Gasteiger partial charge in [-0.25, -0.2) is 4.39 Å². The van der Waals surface area contributed by atoms with E-state index in [9.17, 15) is 4.39 Å². The molecule has 106 valence electrons. The van der Waals surface area contributed by atoms with Crippen LogP contribution in [0.4, 0.5) is 10.1 Å². The van der Waals surface area contributed by atoms with Gasteiger partial charge in [0.1, 0.15) is 5.75 Å². The van der Waals surface area contributed by atoms with Crippen molar-refractivity contribution in [2.75, 3.05) is 12.8 Å². The number of nitrogens with two attached hydrogens (primary N) is 1. The van der Waals surface area contributed by atoms with Gasteiger partial charge in [0.25, 0.3) is 0 Å². The number of halogens is 1. The fraction of sp³-hybridized carbons (Fsp3) is 0.600. The Bertz CT molecular complexity index is 450. The second-order valence-electron chi connectivity index (χ2n) is 6.01. The molecule has 0 amide bonds. The molecular weight excluding hydrogens is 245 g/mol. The third-order valence-corrected chi connectivity index (χ3v) is 3.86. The Labute approximate surface area is 113 Å². The summed E-state index contributed by atoms with van der Waals surface area (Å²) in [7, 11) is 1.51. The SMILES string of the molecule is COc1cc(OC2CCC(C)(C)CC2)c(F)cc1N. The van der Waals surface area contributed by atoms with Crippen LogP contribution in [0.1, 0.15) is 39.5 Å². The van der Waals surface area contributed by atoms with E-state index in [2.05, 4.69) is 13.8 Å². The van der Waals surface area contributed by atoms with E-state index in [0.717, 1.165) is 25.7 Å². The predicted octanol–water partition coefficient (Wildman–Crippen LogP) is 3.76. The van der Waals surface area contributed by atoms with Crippen molar-refractivity contribution >= 4 is 5.69 Å². The Morgan fingerprint density at radius 1 is 1.21 bits per heavy atom. The maximum Gasteiger partial charge on any atom is 0.167 e. The lowest BCUT2D eigenvalue weighted by Gasteiger charge is -2.34. The Morgan fingerprint density at radius 2 is 1.84 bits per heavy atom. The van der Waals surface area contributed by atoms with Gasteiger partial charge in [0.2, 0.25) is 0 Å². The van der Waals surface area contributed by atoms with Gasteiger partial charge in [-0.2, -0.15) is 0 Å². The summed E-state index contributed by atoms with van der Waals surface area (Å²) in [5, 5.41) is 0. The van der Waals surface area contributed by atoms with Crippen molar-refractivity contribution < 1.29 is 13.9 Å². The molecule has 1 aromatic carbocycles. The number of nitrogen functional groups attached to an aromatic ring is 1. The first-order chi connectivity index (χ1) is 8.91. The van der Waals surface area contributed by atoms with E-state index in [4.69, 9.17) is 15.2 Å². The topological polar surface area (TPSA) is 44.5 Å². The van der Waals surface area contributed by atoms with E-state index in [1.165, 1.54) is 19.2 Å². The van der Waals surface area contributed by atoms with Crippen LogP contribution in [0.25, 0.3) is 0 Å². The predicted molar refractivity (Wildman–Crippen MR) is 74.0 cm³/mol. The Morgan fingerprint density at radius 3 is 2.42 bits per heavy atom. The first-order valence-corrected chi connectivity index (χ1v) is 6.71. The summed E-state index contributed by atoms with van der Waals surface area (Å²) in [6, 6.07) is 2.78. The van der Waals surface area contributed by atoms with Gasteiger partial charge in [0.05, 0.1) is 18.9 Å². The van der Waals surface area contributed by atoms with Crippen LogP contribution in [0.5, 0.6) is 11.5 Å². The molecule has 0 radical (unpaired) electrons. The van der Waals surface area contributed by atoms with Crippen LogP contribution in [0.3, 0.4) is 0 Å². The zero-order valence-electron chi connectivity index (χ0n) is 11.8. The van der Waals surface area contributed by atoms with E-state index in [1.54, 1.807) is 0 Å². The van der Waals surface area contributed by atoms with Crippen molar-refractivity contribution in [3.8, 4) is 11.5 Å². The average molecular weight is 267 g/mol. The van der Waals surface area contributed by atoms with E-state index in [1.807, 2.05) is 0 Å². The molecule has 1 aromatic rings. The molecule has 1 aliphatic carbocycles. The lowest BCUT2D eigenvalue weighted by Crippen LogP contribution is -2.28. The highest BCUT2D eigenvalue weighted by molar-refractivity contribution is 5.56. The average Bonchev–Trinajstić information content (AvgIpc) is 2.35. The number of anilines is 1. The lowest BCUT2D eigenvalue weighted by molar-refractivity contribution is 0.0950. The van der Waals surface area contributed by atoms with Crippen LogP contribution in [0, 0.1) is 11.2 Å². The van der Waals surface area contributed by atoms with Crippen molar-refractivity contribution in [3.63, 3.8) is 0 Å². The molecule has 4 heteroatoms. The first-order valence-electron chi connectivity index (χ1n) is 6.71. The Kier molecular flexibility index (Phi) is 3.88. The number of hydrogen-bond acceptors (Lipinski definition) is 3. The molecule has 1 saturated carbocycles. The van der Waals surface area contributed by atoms with Gasteiger partial charge in [-0.3, -0.25) is 0 Å². The van der Waals surface area contributed by atoms with Crippen molar-refractivity contribution in [2.45, 2.75) is 45.6 Å². The molecule has 2 N–H and O–H groups in total. The number of rotatable bonds is 3. The highest BCUT2D eigenvalue weighted by Gasteiger charge is 2.28. The Hall–Kier alpha value is -1.45. The Balaban J connectivity index is 2.07. The molecule has 0 spiro atoms. The maximum absolute atomic E-state index is 13.8. The van der Waals surface area contributed by atoms with E-state index in [0.29, 0.717) is 11.2 Å². The largest absolute Gasteiger partial charge is 0.494 e. The standard InChI is InChI=1S/C15H22FNO2/c1-15(2)6-4-10(5-7-15)19-13-9-14(18-3)12(17)8-11(13)16/h8-10H,4-7,17H2,1-3H3. The van der Waals surface area contributed by atoms with Crippen molar-refractivity contribution in [1.82, 2.24) is 0 Å². The second kappa shape index (κ2) is 5.27. The monoisotopic (exact) mass is 267 g/mol. The van der Waals surface area contributed by atoms with Crippen molar-refractivity contribution in [2.24, 2.45) is 5.41 Å². The van der Waals surface area contributed by atoms with Crippen LogP contribution in [-0.4, -0.2) is 13.2 Å². The molecule has 0 heterocycles. The van der Waals surface area contributed by atoms with E-state index < -0.39 is 5.82 Å². The fourth-order valence-electron chi connectivity index (χ4n) is 2.49. The van der Waals surface area contributed by atoms with Crippen LogP contribution < -0.4 is 15.2 Å². The number of hydrogen-bond donors (Lipinski definition) is 1. The van der Waals surface area contributed by atoms with E-state index >= 15 is 0 Å². The van der Waals surface area contributed by atoms with E-state index in [-0.39, 0.29) is 17.5 Å². The smallest absolute Gasteiger partial charge is 0.167 e. The third kappa shape index (κ3) is 3.31. The molecule has 2 rings (SSSR count). The van der Waals surface area contributed by atoms with Crippen LogP contribution >= 0.6 is 0 Å². The summed E-state index contributed by atoms with van der Waals surface area (Å²) in [4.78, 5) is 0. The normalized spacial score (nSPS) is 19.2. The molecule has 0 unspecified atom stereocenters.